The topological polar surface area (TPSA) is 67.4 Å². The molecule has 0 unspecified atom stereocenters. The molecule has 1 rings (SSSR count). The predicted octanol–water partition coefficient (Wildman–Crippen LogP) is 2.17. The van der Waals surface area contributed by atoms with Gasteiger partial charge in [-0.1, -0.05) is 0 Å². The lowest BCUT2D eigenvalue weighted by Crippen LogP contribution is -2.25. The van der Waals surface area contributed by atoms with Gasteiger partial charge in [-0.05, 0) is 6.92 Å². The molecule has 1 aromatic rings. The number of benzene rings is 1. The fourth-order valence-electron chi connectivity index (χ4n) is 1.35. The number of rotatable bonds is 6. The van der Waals surface area contributed by atoms with Crippen molar-refractivity contribution in [2.75, 3.05) is 11.9 Å². The Labute approximate surface area is 121 Å². The molecule has 0 radical (unpaired) electrons. The van der Waals surface area contributed by atoms with Crippen LogP contribution in [0.2, 0.25) is 0 Å². The summed E-state index contributed by atoms with van der Waals surface area (Å²) in [6.07, 6.45) is -0.945. The van der Waals surface area contributed by atoms with Gasteiger partial charge in [0.1, 0.15) is 5.69 Å². The third-order valence-corrected chi connectivity index (χ3v) is 2.38. The van der Waals surface area contributed by atoms with Gasteiger partial charge >= 0.3 is 0 Å². The Bertz CT molecular complexity index is 566. The molecule has 0 aliphatic heterocycles. The first-order chi connectivity index (χ1) is 10.3. The molecule has 0 aliphatic carbocycles. The van der Waals surface area contributed by atoms with E-state index in [-0.39, 0.29) is 6.61 Å². The fraction of sp³-hybridized carbons (Fsp3) is 0.333. The van der Waals surface area contributed by atoms with Gasteiger partial charge in [0.15, 0.2) is 23.3 Å². The zero-order chi connectivity index (χ0) is 16.9. The number of nitrogens with one attached hydrogen (secondary N) is 2. The largest absolute Gasteiger partial charge is 0.321 e. The number of anilines is 1. The van der Waals surface area contributed by atoms with Crippen molar-refractivity contribution in [1.82, 2.24) is 5.48 Å². The number of halogens is 5. The van der Waals surface area contributed by atoms with Crippen molar-refractivity contribution in [1.29, 1.82) is 0 Å². The first-order valence-corrected chi connectivity index (χ1v) is 6.01. The second-order valence-electron chi connectivity index (χ2n) is 3.95. The average molecular weight is 326 g/mol. The maximum Gasteiger partial charge on any atom is 0.244 e. The van der Waals surface area contributed by atoms with Crippen molar-refractivity contribution in [3.05, 3.63) is 29.1 Å². The van der Waals surface area contributed by atoms with Gasteiger partial charge in [-0.3, -0.25) is 14.4 Å². The Morgan fingerprint density at radius 3 is 1.82 bits per heavy atom. The van der Waals surface area contributed by atoms with Crippen molar-refractivity contribution in [3.8, 4) is 0 Å². The molecule has 0 saturated carbocycles. The van der Waals surface area contributed by atoms with Crippen LogP contribution < -0.4 is 10.8 Å². The van der Waals surface area contributed by atoms with E-state index in [2.05, 4.69) is 4.84 Å². The third-order valence-electron chi connectivity index (χ3n) is 2.38. The van der Waals surface area contributed by atoms with Gasteiger partial charge in [-0.25, -0.2) is 27.4 Å². The van der Waals surface area contributed by atoms with E-state index in [4.69, 9.17) is 0 Å². The Morgan fingerprint density at radius 1 is 0.864 bits per heavy atom. The maximum atomic E-state index is 13.3. The molecule has 0 fully saturated rings. The molecule has 5 nitrogen and oxygen atoms in total. The van der Waals surface area contributed by atoms with E-state index >= 15 is 0 Å². The number of hydrogen-bond acceptors (Lipinski definition) is 3. The molecular formula is C12H11F5N2O3. The first kappa shape index (κ1) is 17.8. The quantitative estimate of drug-likeness (QED) is 0.364. The molecule has 122 valence electrons. The second kappa shape index (κ2) is 7.69. The molecule has 0 bridgehead atoms. The van der Waals surface area contributed by atoms with Gasteiger partial charge in [0, 0.05) is 12.8 Å². The lowest BCUT2D eigenvalue weighted by Gasteiger charge is -2.09. The van der Waals surface area contributed by atoms with E-state index in [9.17, 15) is 31.5 Å². The Kier molecular flexibility index (Phi) is 6.23. The van der Waals surface area contributed by atoms with E-state index < -0.39 is 59.4 Å². The van der Waals surface area contributed by atoms with Crippen LogP contribution >= 0.6 is 0 Å². The van der Waals surface area contributed by atoms with Crippen LogP contribution in [-0.2, 0) is 14.4 Å². The Morgan fingerprint density at radius 2 is 1.32 bits per heavy atom. The van der Waals surface area contributed by atoms with E-state index in [1.807, 2.05) is 5.48 Å². The number of hydroxylamine groups is 1. The summed E-state index contributed by atoms with van der Waals surface area (Å²) in [4.78, 5) is 27.0. The molecule has 10 heteroatoms. The zero-order valence-electron chi connectivity index (χ0n) is 11.2. The minimum Gasteiger partial charge on any atom is -0.321 e. The molecule has 0 saturated heterocycles. The van der Waals surface area contributed by atoms with E-state index in [0.717, 1.165) is 0 Å². The minimum atomic E-state index is -2.33. The molecule has 1 aromatic carbocycles. The Balaban J connectivity index is 2.75. The van der Waals surface area contributed by atoms with Crippen LogP contribution in [0, 0.1) is 29.1 Å². The predicted molar refractivity (Wildman–Crippen MR) is 63.9 cm³/mol. The molecule has 0 aliphatic rings. The average Bonchev–Trinajstić information content (AvgIpc) is 2.51. The second-order valence-corrected chi connectivity index (χ2v) is 3.95. The highest BCUT2D eigenvalue weighted by atomic mass is 19.2. The summed E-state index contributed by atoms with van der Waals surface area (Å²) in [7, 11) is 0. The summed E-state index contributed by atoms with van der Waals surface area (Å²) in [5, 5.41) is 1.54. The smallest absolute Gasteiger partial charge is 0.244 e. The third kappa shape index (κ3) is 4.13. The summed E-state index contributed by atoms with van der Waals surface area (Å²) in [6.45, 7) is 1.78. The van der Waals surface area contributed by atoms with E-state index in [1.54, 1.807) is 12.2 Å². The highest BCUT2D eigenvalue weighted by Crippen LogP contribution is 2.27. The number of carbonyl (C=O) groups is 2. The highest BCUT2D eigenvalue weighted by Gasteiger charge is 2.26. The van der Waals surface area contributed by atoms with Crippen molar-refractivity contribution in [2.24, 2.45) is 0 Å². The highest BCUT2D eigenvalue weighted by molar-refractivity contribution is 5.93. The SMILES string of the molecule is CCONC(=O)CCC(=O)Nc1c(F)c(F)c(F)c(F)c1F. The van der Waals surface area contributed by atoms with Crippen LogP contribution in [0.15, 0.2) is 0 Å². The lowest BCUT2D eigenvalue weighted by atomic mass is 10.2. The first-order valence-electron chi connectivity index (χ1n) is 6.01. The van der Waals surface area contributed by atoms with Gasteiger partial charge in [-0.15, -0.1) is 0 Å². The van der Waals surface area contributed by atoms with E-state index in [1.165, 1.54) is 0 Å². The van der Waals surface area contributed by atoms with Crippen molar-refractivity contribution < 1.29 is 36.4 Å². The van der Waals surface area contributed by atoms with Crippen LogP contribution in [0.25, 0.3) is 0 Å². The van der Waals surface area contributed by atoms with Crippen LogP contribution in [0.3, 0.4) is 0 Å². The van der Waals surface area contributed by atoms with Gasteiger partial charge in [0.05, 0.1) is 6.61 Å². The molecule has 2 amide bonds. The van der Waals surface area contributed by atoms with Crippen LogP contribution in [0.4, 0.5) is 27.6 Å². The number of amides is 2. The maximum absolute atomic E-state index is 13.3. The van der Waals surface area contributed by atoms with Gasteiger partial charge < -0.3 is 5.32 Å². The molecule has 0 aromatic heterocycles. The van der Waals surface area contributed by atoms with Crippen molar-refractivity contribution in [3.63, 3.8) is 0 Å². The number of hydrogen-bond donors (Lipinski definition) is 2. The summed E-state index contributed by atoms with van der Waals surface area (Å²) in [6, 6.07) is 0. The minimum absolute atomic E-state index is 0.183. The summed E-state index contributed by atoms with van der Waals surface area (Å²) < 4.78 is 65.2. The molecule has 0 atom stereocenters. The molecule has 22 heavy (non-hydrogen) atoms. The summed E-state index contributed by atoms with van der Waals surface area (Å²) in [5.41, 5.74) is 0.497. The zero-order valence-corrected chi connectivity index (χ0v) is 11.2. The van der Waals surface area contributed by atoms with Gasteiger partial charge in [0.25, 0.3) is 0 Å². The summed E-state index contributed by atoms with van der Waals surface area (Å²) >= 11 is 0. The molecule has 0 spiro atoms. The van der Waals surface area contributed by atoms with Crippen LogP contribution in [-0.4, -0.2) is 18.4 Å². The van der Waals surface area contributed by atoms with Gasteiger partial charge in [0.2, 0.25) is 17.6 Å². The fourth-order valence-corrected chi connectivity index (χ4v) is 1.35. The number of carbonyl (C=O) groups excluding carboxylic acids is 2. The standard InChI is InChI=1S/C12H11F5N2O3/c1-2-22-19-6(21)4-3-5(20)18-12-10(16)8(14)7(13)9(15)11(12)17/h2-4H2,1H3,(H,18,20)(H,19,21). The molecular weight excluding hydrogens is 315 g/mol. The van der Waals surface area contributed by atoms with Gasteiger partial charge in [-0.2, -0.15) is 0 Å². The van der Waals surface area contributed by atoms with Crippen molar-refractivity contribution in [2.45, 2.75) is 19.8 Å². The van der Waals surface area contributed by atoms with Crippen LogP contribution in [0.1, 0.15) is 19.8 Å². The van der Waals surface area contributed by atoms with Crippen LogP contribution in [0.5, 0.6) is 0 Å². The summed E-state index contributed by atoms with van der Waals surface area (Å²) in [5.74, 6) is -12.8. The monoisotopic (exact) mass is 326 g/mol. The Hall–Kier alpha value is -2.23. The van der Waals surface area contributed by atoms with E-state index in [0.29, 0.717) is 0 Å². The van der Waals surface area contributed by atoms with Crippen molar-refractivity contribution >= 4 is 17.5 Å². The molecule has 2 N–H and O–H groups in total. The lowest BCUT2D eigenvalue weighted by molar-refractivity contribution is -0.134. The molecule has 0 heterocycles. The normalized spacial score (nSPS) is 10.5.